The molecular formula is C15H23F3N4O4. The van der Waals surface area contributed by atoms with Gasteiger partial charge >= 0.3 is 12.1 Å². The minimum Gasteiger partial charge on any atom is -0.379 e. The fraction of sp³-hybridized carbons (Fsp3) is 0.800. The van der Waals surface area contributed by atoms with E-state index in [4.69, 9.17) is 4.74 Å². The zero-order valence-electron chi connectivity index (χ0n) is 14.3. The number of ether oxygens (including phenoxy) is 1. The van der Waals surface area contributed by atoms with E-state index in [9.17, 15) is 27.6 Å². The molecule has 0 aliphatic carbocycles. The number of likely N-dealkylation sites (tertiary alicyclic amines) is 1. The fourth-order valence-electron chi connectivity index (χ4n) is 2.97. The molecule has 0 spiro atoms. The van der Waals surface area contributed by atoms with E-state index in [2.05, 4.69) is 15.5 Å². The molecule has 2 saturated heterocycles. The lowest BCUT2D eigenvalue weighted by Gasteiger charge is -2.26. The van der Waals surface area contributed by atoms with Crippen LogP contribution in [0, 0.1) is 0 Å². The van der Waals surface area contributed by atoms with Crippen LogP contribution >= 0.6 is 0 Å². The Kier molecular flexibility index (Phi) is 7.21. The Morgan fingerprint density at radius 3 is 2.42 bits per heavy atom. The molecule has 8 nitrogen and oxygen atoms in total. The maximum absolute atomic E-state index is 12.5. The molecule has 2 aliphatic rings. The zero-order valence-corrected chi connectivity index (χ0v) is 14.3. The van der Waals surface area contributed by atoms with Crippen LogP contribution in [-0.2, 0) is 19.1 Å². The number of alkyl halides is 3. The summed E-state index contributed by atoms with van der Waals surface area (Å²) in [6.07, 6.45) is -4.56. The highest BCUT2D eigenvalue weighted by Crippen LogP contribution is 2.25. The number of halogens is 3. The quantitative estimate of drug-likeness (QED) is 0.624. The van der Waals surface area contributed by atoms with E-state index >= 15 is 0 Å². The normalized spacial score (nSPS) is 21.5. The molecule has 1 atom stereocenters. The van der Waals surface area contributed by atoms with E-state index < -0.39 is 29.9 Å². The number of hydrogen-bond acceptors (Lipinski definition) is 5. The number of hydrogen-bond donors (Lipinski definition) is 2. The molecule has 2 aliphatic heterocycles. The van der Waals surface area contributed by atoms with E-state index in [1.165, 1.54) is 0 Å². The number of morpholine rings is 1. The Morgan fingerprint density at radius 1 is 1.08 bits per heavy atom. The number of carbonyl (C=O) groups excluding carboxylic acids is 3. The molecule has 0 saturated carbocycles. The van der Waals surface area contributed by atoms with Crippen LogP contribution in [0.25, 0.3) is 0 Å². The van der Waals surface area contributed by atoms with Crippen molar-refractivity contribution in [2.75, 3.05) is 52.5 Å². The third-order valence-electron chi connectivity index (χ3n) is 4.34. The summed E-state index contributed by atoms with van der Waals surface area (Å²) in [4.78, 5) is 37.8. The maximum Gasteiger partial charge on any atom is 0.471 e. The summed E-state index contributed by atoms with van der Waals surface area (Å²) in [5.74, 6) is -3.20. The summed E-state index contributed by atoms with van der Waals surface area (Å²) >= 11 is 0. The number of amides is 3. The Morgan fingerprint density at radius 2 is 1.77 bits per heavy atom. The first kappa shape index (κ1) is 20.4. The van der Waals surface area contributed by atoms with Crippen molar-refractivity contribution in [1.29, 1.82) is 0 Å². The van der Waals surface area contributed by atoms with Gasteiger partial charge in [0, 0.05) is 32.7 Å². The third-order valence-corrected chi connectivity index (χ3v) is 4.34. The van der Waals surface area contributed by atoms with Gasteiger partial charge < -0.3 is 20.3 Å². The monoisotopic (exact) mass is 380 g/mol. The number of nitrogens with zero attached hydrogens (tertiary/aromatic N) is 2. The van der Waals surface area contributed by atoms with Crippen molar-refractivity contribution in [3.8, 4) is 0 Å². The summed E-state index contributed by atoms with van der Waals surface area (Å²) in [6.45, 7) is 3.47. The standard InChI is InChI=1S/C15H23F3N4O4/c16-15(17,18)14(25)22-4-1-2-11(22)13(24)20-10-12(23)19-3-5-21-6-8-26-9-7-21/h11H,1-10H2,(H,19,23)(H,20,24). The van der Waals surface area contributed by atoms with Gasteiger partial charge in [-0.2, -0.15) is 13.2 Å². The van der Waals surface area contributed by atoms with Crippen molar-refractivity contribution in [2.24, 2.45) is 0 Å². The summed E-state index contributed by atoms with van der Waals surface area (Å²) in [7, 11) is 0. The van der Waals surface area contributed by atoms with Crippen LogP contribution < -0.4 is 10.6 Å². The molecule has 2 N–H and O–H groups in total. The largest absolute Gasteiger partial charge is 0.471 e. The van der Waals surface area contributed by atoms with Crippen molar-refractivity contribution in [3.63, 3.8) is 0 Å². The molecular weight excluding hydrogens is 357 g/mol. The van der Waals surface area contributed by atoms with Crippen LogP contribution in [0.1, 0.15) is 12.8 Å². The molecule has 0 aromatic heterocycles. The van der Waals surface area contributed by atoms with Gasteiger partial charge in [0.05, 0.1) is 19.8 Å². The first-order chi connectivity index (χ1) is 12.3. The average Bonchev–Trinajstić information content (AvgIpc) is 3.08. The first-order valence-electron chi connectivity index (χ1n) is 8.51. The Balaban J connectivity index is 1.69. The van der Waals surface area contributed by atoms with E-state index in [1.54, 1.807) is 0 Å². The summed E-state index contributed by atoms with van der Waals surface area (Å²) in [5.41, 5.74) is 0. The van der Waals surface area contributed by atoms with Gasteiger partial charge in [-0.05, 0) is 12.8 Å². The molecule has 0 bridgehead atoms. The fourth-order valence-corrected chi connectivity index (χ4v) is 2.97. The van der Waals surface area contributed by atoms with Crippen molar-refractivity contribution in [3.05, 3.63) is 0 Å². The Bertz CT molecular complexity index is 524. The molecule has 26 heavy (non-hydrogen) atoms. The van der Waals surface area contributed by atoms with Gasteiger partial charge in [-0.15, -0.1) is 0 Å². The van der Waals surface area contributed by atoms with Crippen molar-refractivity contribution in [2.45, 2.75) is 25.1 Å². The highest BCUT2D eigenvalue weighted by Gasteiger charge is 2.47. The Labute approximate surface area is 149 Å². The molecule has 11 heteroatoms. The molecule has 0 radical (unpaired) electrons. The topological polar surface area (TPSA) is 91.0 Å². The van der Waals surface area contributed by atoms with Crippen LogP contribution in [0.4, 0.5) is 13.2 Å². The van der Waals surface area contributed by atoms with Gasteiger partial charge in [-0.1, -0.05) is 0 Å². The van der Waals surface area contributed by atoms with Crippen LogP contribution in [-0.4, -0.2) is 92.2 Å². The zero-order chi connectivity index (χ0) is 19.2. The molecule has 1 unspecified atom stereocenters. The number of rotatable bonds is 6. The van der Waals surface area contributed by atoms with E-state index in [-0.39, 0.29) is 19.5 Å². The molecule has 0 aromatic rings. The molecule has 2 rings (SSSR count). The lowest BCUT2D eigenvalue weighted by atomic mass is 10.2. The third kappa shape index (κ3) is 5.84. The predicted molar refractivity (Wildman–Crippen MR) is 84.1 cm³/mol. The second-order valence-corrected chi connectivity index (χ2v) is 6.18. The predicted octanol–water partition coefficient (Wildman–Crippen LogP) is -0.896. The average molecular weight is 380 g/mol. The number of nitrogens with one attached hydrogen (secondary N) is 2. The maximum atomic E-state index is 12.5. The van der Waals surface area contributed by atoms with E-state index in [1.807, 2.05) is 0 Å². The van der Waals surface area contributed by atoms with Crippen molar-refractivity contribution < 1.29 is 32.3 Å². The van der Waals surface area contributed by atoms with Gasteiger partial charge in [0.15, 0.2) is 0 Å². The molecule has 2 heterocycles. The van der Waals surface area contributed by atoms with Crippen LogP contribution in [0.2, 0.25) is 0 Å². The lowest BCUT2D eigenvalue weighted by molar-refractivity contribution is -0.186. The van der Waals surface area contributed by atoms with Gasteiger partial charge in [0.2, 0.25) is 11.8 Å². The smallest absolute Gasteiger partial charge is 0.379 e. The molecule has 148 valence electrons. The van der Waals surface area contributed by atoms with E-state index in [0.717, 1.165) is 13.1 Å². The highest BCUT2D eigenvalue weighted by molar-refractivity contribution is 5.92. The van der Waals surface area contributed by atoms with E-state index in [0.29, 0.717) is 37.6 Å². The minimum atomic E-state index is -5.01. The second-order valence-electron chi connectivity index (χ2n) is 6.18. The molecule has 0 aromatic carbocycles. The number of carbonyl (C=O) groups is 3. The van der Waals surface area contributed by atoms with Crippen molar-refractivity contribution in [1.82, 2.24) is 20.4 Å². The van der Waals surface area contributed by atoms with Crippen LogP contribution in [0.15, 0.2) is 0 Å². The Hall–Kier alpha value is -1.88. The van der Waals surface area contributed by atoms with Gasteiger partial charge in [-0.25, -0.2) is 0 Å². The lowest BCUT2D eigenvalue weighted by Crippen LogP contribution is -2.51. The van der Waals surface area contributed by atoms with Crippen LogP contribution in [0.3, 0.4) is 0 Å². The van der Waals surface area contributed by atoms with Gasteiger partial charge in [-0.3, -0.25) is 19.3 Å². The van der Waals surface area contributed by atoms with Gasteiger partial charge in [0.25, 0.3) is 0 Å². The van der Waals surface area contributed by atoms with Gasteiger partial charge in [0.1, 0.15) is 6.04 Å². The van der Waals surface area contributed by atoms with Crippen molar-refractivity contribution >= 4 is 17.7 Å². The summed E-state index contributed by atoms with van der Waals surface area (Å²) < 4.78 is 42.8. The summed E-state index contributed by atoms with van der Waals surface area (Å²) in [6, 6.07) is -1.19. The molecule has 3 amide bonds. The SMILES string of the molecule is O=C(CNC(=O)C1CCCN1C(=O)C(F)(F)F)NCCN1CCOCC1. The molecule has 2 fully saturated rings. The second kappa shape index (κ2) is 9.17. The first-order valence-corrected chi connectivity index (χ1v) is 8.51. The summed E-state index contributed by atoms with van der Waals surface area (Å²) in [5, 5.41) is 4.94. The highest BCUT2D eigenvalue weighted by atomic mass is 19.4. The van der Waals surface area contributed by atoms with Crippen LogP contribution in [0.5, 0.6) is 0 Å². The minimum absolute atomic E-state index is 0.123.